The average Bonchev–Trinajstić information content (AvgIpc) is 2.95. The van der Waals surface area contributed by atoms with Gasteiger partial charge in [-0.05, 0) is 35.7 Å². The first-order valence-electron chi connectivity index (χ1n) is 7.02. The van der Waals surface area contributed by atoms with E-state index in [0.717, 1.165) is 10.9 Å². The first-order chi connectivity index (χ1) is 11.1. The van der Waals surface area contributed by atoms with Crippen LogP contribution in [0.5, 0.6) is 0 Å². The number of rotatable bonds is 3. The van der Waals surface area contributed by atoms with Crippen molar-refractivity contribution < 1.29 is 9.59 Å². The van der Waals surface area contributed by atoms with Crippen LogP contribution in [0.4, 0.5) is 0 Å². The summed E-state index contributed by atoms with van der Waals surface area (Å²) in [5, 5.41) is 1.60. The van der Waals surface area contributed by atoms with Crippen molar-refractivity contribution in [2.45, 2.75) is 6.54 Å². The van der Waals surface area contributed by atoms with Gasteiger partial charge in [-0.15, -0.1) is 0 Å². The molecule has 0 aliphatic rings. The van der Waals surface area contributed by atoms with Gasteiger partial charge >= 0.3 is 0 Å². The Balaban J connectivity index is 1.63. The number of hydrogen-bond donors (Lipinski definition) is 2. The van der Waals surface area contributed by atoms with Gasteiger partial charge in [0.1, 0.15) is 6.54 Å². The summed E-state index contributed by atoms with van der Waals surface area (Å²) in [6.07, 6.45) is 1.81. The van der Waals surface area contributed by atoms with Crippen LogP contribution in [0.2, 0.25) is 5.02 Å². The molecule has 0 spiro atoms. The topological polar surface area (TPSA) is 63.1 Å². The SMILES string of the molecule is O=C(Cn1ccc2ccc(Cl)cc21)NNC(=O)c1ccccc1. The first kappa shape index (κ1) is 15.1. The zero-order valence-corrected chi connectivity index (χ0v) is 12.9. The maximum absolute atomic E-state index is 12.0. The summed E-state index contributed by atoms with van der Waals surface area (Å²) < 4.78 is 1.77. The second-order valence-corrected chi connectivity index (χ2v) is 5.45. The normalized spacial score (nSPS) is 10.5. The molecule has 23 heavy (non-hydrogen) atoms. The van der Waals surface area contributed by atoms with Gasteiger partial charge < -0.3 is 4.57 Å². The smallest absolute Gasteiger partial charge is 0.269 e. The van der Waals surface area contributed by atoms with Gasteiger partial charge in [0.05, 0.1) is 0 Å². The summed E-state index contributed by atoms with van der Waals surface area (Å²) in [5.41, 5.74) is 6.14. The third-order valence-corrected chi connectivity index (χ3v) is 3.64. The van der Waals surface area contributed by atoms with Crippen LogP contribution in [0.1, 0.15) is 10.4 Å². The highest BCUT2D eigenvalue weighted by molar-refractivity contribution is 6.31. The van der Waals surface area contributed by atoms with Crippen LogP contribution in [0.15, 0.2) is 60.8 Å². The Morgan fingerprint density at radius 2 is 1.78 bits per heavy atom. The molecule has 6 heteroatoms. The molecular formula is C17H14ClN3O2. The lowest BCUT2D eigenvalue weighted by Gasteiger charge is -2.09. The van der Waals surface area contributed by atoms with E-state index < -0.39 is 0 Å². The molecule has 0 radical (unpaired) electrons. The Morgan fingerprint density at radius 1 is 1.00 bits per heavy atom. The highest BCUT2D eigenvalue weighted by atomic mass is 35.5. The molecule has 5 nitrogen and oxygen atoms in total. The molecule has 116 valence electrons. The lowest BCUT2D eigenvalue weighted by atomic mass is 10.2. The summed E-state index contributed by atoms with van der Waals surface area (Å²) in [7, 11) is 0. The number of nitrogens with zero attached hydrogens (tertiary/aromatic N) is 1. The maximum Gasteiger partial charge on any atom is 0.269 e. The number of aromatic nitrogens is 1. The maximum atomic E-state index is 12.0. The van der Waals surface area contributed by atoms with Gasteiger partial charge in [0.2, 0.25) is 0 Å². The molecule has 0 aliphatic heterocycles. The average molecular weight is 328 g/mol. The van der Waals surface area contributed by atoms with Crippen LogP contribution in [0.25, 0.3) is 10.9 Å². The van der Waals surface area contributed by atoms with Crippen molar-refractivity contribution in [3.05, 3.63) is 71.4 Å². The van der Waals surface area contributed by atoms with E-state index in [1.54, 1.807) is 47.2 Å². The largest absolute Gasteiger partial charge is 0.338 e. The van der Waals surface area contributed by atoms with Gasteiger partial charge in [-0.2, -0.15) is 0 Å². The minimum atomic E-state index is -0.362. The number of amides is 2. The molecular weight excluding hydrogens is 314 g/mol. The van der Waals surface area contributed by atoms with Crippen molar-refractivity contribution >= 4 is 34.3 Å². The molecule has 0 bridgehead atoms. The van der Waals surface area contributed by atoms with Gasteiger partial charge in [-0.25, -0.2) is 0 Å². The minimum absolute atomic E-state index is 0.0823. The van der Waals surface area contributed by atoms with Gasteiger partial charge in [-0.3, -0.25) is 20.4 Å². The molecule has 0 fully saturated rings. The Morgan fingerprint density at radius 3 is 2.57 bits per heavy atom. The number of benzene rings is 2. The number of hydrogen-bond acceptors (Lipinski definition) is 2. The van der Waals surface area contributed by atoms with E-state index in [2.05, 4.69) is 10.9 Å². The van der Waals surface area contributed by atoms with Crippen molar-refractivity contribution in [1.82, 2.24) is 15.4 Å². The Kier molecular flexibility index (Phi) is 4.30. The van der Waals surface area contributed by atoms with E-state index in [4.69, 9.17) is 11.6 Å². The number of halogens is 1. The summed E-state index contributed by atoms with van der Waals surface area (Å²) in [5.74, 6) is -0.689. The molecule has 0 aliphatic carbocycles. The number of nitrogens with one attached hydrogen (secondary N) is 2. The van der Waals surface area contributed by atoms with Crippen molar-refractivity contribution in [3.63, 3.8) is 0 Å². The molecule has 0 atom stereocenters. The second-order valence-electron chi connectivity index (χ2n) is 5.02. The fraction of sp³-hybridized carbons (Fsp3) is 0.0588. The van der Waals surface area contributed by atoms with Crippen LogP contribution >= 0.6 is 11.6 Å². The fourth-order valence-corrected chi connectivity index (χ4v) is 2.44. The summed E-state index contributed by atoms with van der Waals surface area (Å²) in [6, 6.07) is 16.1. The molecule has 2 aromatic carbocycles. The molecule has 1 aromatic heterocycles. The monoisotopic (exact) mass is 327 g/mol. The Labute approximate surface area is 137 Å². The molecule has 2 amide bonds. The van der Waals surface area contributed by atoms with Crippen molar-refractivity contribution in [2.24, 2.45) is 0 Å². The second kappa shape index (κ2) is 6.54. The summed E-state index contributed by atoms with van der Waals surface area (Å²) in [6.45, 7) is 0.0823. The number of hydrazine groups is 1. The Hall–Kier alpha value is -2.79. The third-order valence-electron chi connectivity index (χ3n) is 3.40. The zero-order valence-electron chi connectivity index (χ0n) is 12.1. The standard InChI is InChI=1S/C17H14ClN3O2/c18-14-7-6-12-8-9-21(15(12)10-14)11-16(22)19-20-17(23)13-4-2-1-3-5-13/h1-10H,11H2,(H,19,22)(H,20,23). The lowest BCUT2D eigenvalue weighted by molar-refractivity contribution is -0.122. The van der Waals surface area contributed by atoms with E-state index in [1.165, 1.54) is 0 Å². The summed E-state index contributed by atoms with van der Waals surface area (Å²) in [4.78, 5) is 23.9. The van der Waals surface area contributed by atoms with E-state index in [0.29, 0.717) is 10.6 Å². The highest BCUT2D eigenvalue weighted by Crippen LogP contribution is 2.20. The van der Waals surface area contributed by atoms with Crippen LogP contribution in [0.3, 0.4) is 0 Å². The predicted octanol–water partition coefficient (Wildman–Crippen LogP) is 2.76. The molecule has 3 rings (SSSR count). The molecule has 2 N–H and O–H groups in total. The molecule has 3 aromatic rings. The summed E-state index contributed by atoms with van der Waals surface area (Å²) >= 11 is 5.98. The molecule has 1 heterocycles. The van der Waals surface area contributed by atoms with Crippen LogP contribution in [-0.2, 0) is 11.3 Å². The Bertz CT molecular complexity index is 859. The lowest BCUT2D eigenvalue weighted by Crippen LogP contribution is -2.43. The van der Waals surface area contributed by atoms with Crippen molar-refractivity contribution in [1.29, 1.82) is 0 Å². The number of carbonyl (C=O) groups is 2. The zero-order chi connectivity index (χ0) is 16.2. The van der Waals surface area contributed by atoms with Gasteiger partial charge in [-0.1, -0.05) is 35.9 Å². The number of carbonyl (C=O) groups excluding carboxylic acids is 2. The van der Waals surface area contributed by atoms with Gasteiger partial charge in [0, 0.05) is 22.3 Å². The quantitative estimate of drug-likeness (QED) is 0.727. The predicted molar refractivity (Wildman–Crippen MR) is 89.0 cm³/mol. The number of fused-ring (bicyclic) bond motifs is 1. The van der Waals surface area contributed by atoms with Crippen molar-refractivity contribution in [2.75, 3.05) is 0 Å². The van der Waals surface area contributed by atoms with Gasteiger partial charge in [0.15, 0.2) is 0 Å². The minimum Gasteiger partial charge on any atom is -0.338 e. The molecule has 0 saturated heterocycles. The molecule has 0 unspecified atom stereocenters. The van der Waals surface area contributed by atoms with E-state index in [1.807, 2.05) is 18.2 Å². The van der Waals surface area contributed by atoms with Crippen LogP contribution in [0, 0.1) is 0 Å². The van der Waals surface area contributed by atoms with E-state index in [9.17, 15) is 9.59 Å². The molecule has 0 saturated carbocycles. The third kappa shape index (κ3) is 3.52. The fourth-order valence-electron chi connectivity index (χ4n) is 2.28. The van der Waals surface area contributed by atoms with Crippen molar-refractivity contribution in [3.8, 4) is 0 Å². The van der Waals surface area contributed by atoms with Crippen LogP contribution in [-0.4, -0.2) is 16.4 Å². The van der Waals surface area contributed by atoms with E-state index >= 15 is 0 Å². The first-order valence-corrected chi connectivity index (χ1v) is 7.40. The van der Waals surface area contributed by atoms with E-state index in [-0.39, 0.29) is 18.4 Å². The highest BCUT2D eigenvalue weighted by Gasteiger charge is 2.09. The van der Waals surface area contributed by atoms with Crippen LogP contribution < -0.4 is 10.9 Å². The van der Waals surface area contributed by atoms with Gasteiger partial charge in [0.25, 0.3) is 11.8 Å².